The van der Waals surface area contributed by atoms with E-state index in [-0.39, 0.29) is 91.4 Å². The van der Waals surface area contributed by atoms with E-state index in [9.17, 15) is 0 Å². The van der Waals surface area contributed by atoms with E-state index >= 15 is 0 Å². The zero-order valence-electron chi connectivity index (χ0n) is 2.34. The molecule has 6 heteroatoms. The van der Waals surface area contributed by atoms with Crippen LogP contribution in [0.3, 0.4) is 0 Å². The van der Waals surface area contributed by atoms with Crippen molar-refractivity contribution in [2.45, 2.75) is 0 Å². The molecule has 0 saturated heterocycles. The molecule has 0 aromatic rings. The average molecular weight is 512 g/mol. The van der Waals surface area contributed by atoms with Crippen molar-refractivity contribution in [1.82, 2.24) is 0 Å². The Balaban J connectivity index is -0.000000000833. The molecule has 0 rings (SSSR count). The number of hydrogen-bond acceptors (Lipinski definition) is 1. The van der Waals surface area contributed by atoms with Crippen LogP contribution in [0, 0.1) is 4.91 Å². The summed E-state index contributed by atoms with van der Waals surface area (Å²) >= 11 is 0. The molecule has 2 nitrogen and oxygen atoms in total. The predicted molar refractivity (Wildman–Crippen MR) is 6.73 cm³/mol. The molecule has 6 heavy (non-hydrogen) atoms. The van der Waals surface area contributed by atoms with Crippen molar-refractivity contribution in [1.29, 1.82) is 0 Å². The van der Waals surface area contributed by atoms with Gasteiger partial charge in [-0.2, -0.15) is 0 Å². The zero-order chi connectivity index (χ0) is 2.00. The second-order valence-corrected chi connectivity index (χ2v) is 0. The molecule has 0 amide bonds. The second-order valence-electron chi connectivity index (χ2n) is 0. The Morgan fingerprint density at radius 3 is 0.833 bits per heavy atom. The number of halogens is 3. The Kier molecular flexibility index (Phi) is 346. The molecule has 0 aliphatic rings. The third-order valence-electron chi connectivity index (χ3n) is 0. The van der Waals surface area contributed by atoms with Crippen molar-refractivity contribution >= 4 is 0 Å². The smallest absolute Gasteiger partial charge is 1.00 e. The molecule has 0 N–H and O–H groups in total. The third kappa shape index (κ3) is 32.3. The van der Waals surface area contributed by atoms with Gasteiger partial charge < -0.3 is 82.4 Å². The monoisotopic (exact) mass is 513 g/mol. The van der Waals surface area contributed by atoms with E-state index in [1.807, 2.05) is 0 Å². The summed E-state index contributed by atoms with van der Waals surface area (Å²) in [5.74, 6) is 0. The molecule has 0 fully saturated rings. The van der Waals surface area contributed by atoms with Crippen LogP contribution in [0.25, 0.3) is 5.59 Å². The van der Waals surface area contributed by atoms with Gasteiger partial charge in [0.25, 0.3) is 0 Å². The maximum Gasteiger partial charge on any atom is 4.00 e. The molecule has 0 aromatic heterocycles. The minimum absolute atomic E-state index is 0. The molecule has 0 saturated carbocycles. The van der Waals surface area contributed by atoms with Crippen molar-refractivity contribution < 1.29 is 91.4 Å². The van der Waals surface area contributed by atoms with Crippen molar-refractivity contribution in [2.24, 2.45) is 0 Å². The SMILES string of the molecule is [I-].[I-].[I-].[N-]=O.[Ru+4]. The topological polar surface area (TPSA) is 39.4 Å². The van der Waals surface area contributed by atoms with Crippen LogP contribution in [0.5, 0.6) is 0 Å². The van der Waals surface area contributed by atoms with E-state index in [0.29, 0.717) is 0 Å². The Bertz CT molecular complexity index is 10.8. The van der Waals surface area contributed by atoms with Gasteiger partial charge in [0.1, 0.15) is 0 Å². The maximum atomic E-state index is 7.25. The van der Waals surface area contributed by atoms with Gasteiger partial charge in [-0.3, -0.25) is 0 Å². The van der Waals surface area contributed by atoms with Crippen molar-refractivity contribution in [3.05, 3.63) is 10.5 Å². The summed E-state index contributed by atoms with van der Waals surface area (Å²) in [4.78, 5) is 7.25. The van der Waals surface area contributed by atoms with Crippen LogP contribution < -0.4 is 71.9 Å². The minimum Gasteiger partial charge on any atom is -1.00 e. The van der Waals surface area contributed by atoms with E-state index < -0.39 is 0 Å². The number of rotatable bonds is 0. The molecule has 40 valence electrons. The molecular weight excluding hydrogens is 512 g/mol. The molecule has 0 spiro atoms. The Labute approximate surface area is 100 Å². The molecule has 0 radical (unpaired) electrons. The average Bonchev–Trinajstić information content (AvgIpc) is 1.00. The maximum absolute atomic E-state index is 7.25. The van der Waals surface area contributed by atoms with Gasteiger partial charge in [-0.1, -0.05) is 0 Å². The Morgan fingerprint density at radius 1 is 0.833 bits per heavy atom. The Morgan fingerprint density at radius 2 is 0.833 bits per heavy atom. The van der Waals surface area contributed by atoms with Gasteiger partial charge in [-0.05, 0) is 0 Å². The van der Waals surface area contributed by atoms with Crippen LogP contribution in [0.4, 0.5) is 0 Å². The summed E-state index contributed by atoms with van der Waals surface area (Å²) in [5, 5.41) is 0. The van der Waals surface area contributed by atoms with E-state index in [1.165, 1.54) is 0 Å². The molecule has 0 aromatic carbocycles. The van der Waals surface area contributed by atoms with Crippen molar-refractivity contribution in [3.8, 4) is 0 Å². The molecule has 0 atom stereocenters. The molecular formula is I3NORu. The van der Waals surface area contributed by atoms with Gasteiger partial charge in [-0.15, -0.1) is 0 Å². The van der Waals surface area contributed by atoms with Crippen LogP contribution in [0.15, 0.2) is 0 Å². The fourth-order valence-corrected chi connectivity index (χ4v) is 0. The summed E-state index contributed by atoms with van der Waals surface area (Å²) in [6.07, 6.45) is 0. The number of nitrogens with zero attached hydrogens (tertiary/aromatic N) is 1. The van der Waals surface area contributed by atoms with Gasteiger partial charge in [0, 0.05) is 0 Å². The first-order valence-electron chi connectivity index (χ1n) is 0.183. The van der Waals surface area contributed by atoms with Gasteiger partial charge in [-0.25, -0.2) is 0 Å². The summed E-state index contributed by atoms with van der Waals surface area (Å²) in [6.45, 7) is 0. The minimum atomic E-state index is 0. The molecule has 0 heterocycles. The fourth-order valence-electron chi connectivity index (χ4n) is 0. The first-order chi connectivity index (χ1) is 1.00. The summed E-state index contributed by atoms with van der Waals surface area (Å²) in [7, 11) is 0. The van der Waals surface area contributed by atoms with E-state index in [1.54, 1.807) is 0 Å². The van der Waals surface area contributed by atoms with Crippen molar-refractivity contribution in [3.63, 3.8) is 0 Å². The van der Waals surface area contributed by atoms with Gasteiger partial charge >= 0.3 is 19.5 Å². The zero-order valence-corrected chi connectivity index (χ0v) is 10.6. The number of hydrogen-bond donors (Lipinski definition) is 0. The van der Waals surface area contributed by atoms with E-state index in [4.69, 9.17) is 10.5 Å². The summed E-state index contributed by atoms with van der Waals surface area (Å²) in [5.41, 5.74) is 5.75. The quantitative estimate of drug-likeness (QED) is 0.235. The first-order valence-corrected chi connectivity index (χ1v) is 0.183. The van der Waals surface area contributed by atoms with Crippen LogP contribution >= 0.6 is 0 Å². The first kappa shape index (κ1) is 39.7. The Hall–Kier alpha value is 2.41. The van der Waals surface area contributed by atoms with Crippen molar-refractivity contribution in [2.75, 3.05) is 0 Å². The number of nitroso groups, excluding NO2 is 1. The molecule has 0 bridgehead atoms. The van der Waals surface area contributed by atoms with Gasteiger partial charge in [0.05, 0.1) is 0 Å². The fraction of sp³-hybridized carbons (Fsp3) is 0. The molecule has 0 aliphatic carbocycles. The summed E-state index contributed by atoms with van der Waals surface area (Å²) in [6, 6.07) is 0. The second kappa shape index (κ2) is 52.4. The molecule has 0 aliphatic heterocycles. The third-order valence-corrected chi connectivity index (χ3v) is 0. The van der Waals surface area contributed by atoms with Crippen LogP contribution in [0.1, 0.15) is 0 Å². The molecule has 0 unspecified atom stereocenters. The van der Waals surface area contributed by atoms with E-state index in [2.05, 4.69) is 0 Å². The van der Waals surface area contributed by atoms with Crippen LogP contribution in [-0.2, 0) is 19.5 Å². The summed E-state index contributed by atoms with van der Waals surface area (Å²) < 4.78 is 0. The predicted octanol–water partition coefficient (Wildman–Crippen LogP) is -8.67. The standard InChI is InChI=1S/3HI.NO.Ru/c;;;1-2;/h3*1H;;/q;;;-1;+4/p-3. The van der Waals surface area contributed by atoms with Gasteiger partial charge in [0.15, 0.2) is 0 Å². The van der Waals surface area contributed by atoms with Crippen LogP contribution in [0.2, 0.25) is 0 Å². The largest absolute Gasteiger partial charge is 4.00 e. The van der Waals surface area contributed by atoms with Crippen LogP contribution in [-0.4, -0.2) is 0 Å². The normalized spacial score (nSPS) is 0.667. The van der Waals surface area contributed by atoms with E-state index in [0.717, 1.165) is 0 Å². The van der Waals surface area contributed by atoms with Gasteiger partial charge in [0.2, 0.25) is 0 Å².